The van der Waals surface area contributed by atoms with Crippen LogP contribution in [0.1, 0.15) is 53.0 Å². The van der Waals surface area contributed by atoms with Gasteiger partial charge in [-0.05, 0) is 32.5 Å². The van der Waals surface area contributed by atoms with Gasteiger partial charge in [0.25, 0.3) is 5.56 Å². The van der Waals surface area contributed by atoms with Gasteiger partial charge in [0.2, 0.25) is 5.85 Å². The van der Waals surface area contributed by atoms with E-state index in [1.165, 1.54) is 0 Å². The van der Waals surface area contributed by atoms with E-state index in [9.17, 15) is 24.3 Å². The van der Waals surface area contributed by atoms with Crippen molar-refractivity contribution in [1.29, 1.82) is 5.26 Å². The number of carboxylic acids is 1. The van der Waals surface area contributed by atoms with E-state index < -0.39 is 75.4 Å². The molecule has 3 rings (SSSR count). The molecule has 6 atom stereocenters. The van der Waals surface area contributed by atoms with E-state index in [4.69, 9.17) is 46.7 Å². The van der Waals surface area contributed by atoms with E-state index in [-0.39, 0.29) is 22.2 Å². The Kier molecular flexibility index (Phi) is 12.2. The molecule has 4 N–H and O–H groups in total. The van der Waals surface area contributed by atoms with Crippen LogP contribution >= 0.6 is 20.5 Å². The summed E-state index contributed by atoms with van der Waals surface area (Å²) >= 11 is 5.07. The third-order valence-corrected chi connectivity index (χ3v) is 8.05. The van der Waals surface area contributed by atoms with Crippen molar-refractivity contribution in [3.63, 3.8) is 0 Å². The topological polar surface area (TPSA) is 245 Å². The van der Waals surface area contributed by atoms with Crippen LogP contribution in [0.25, 0.3) is 11.0 Å². The molecule has 0 aliphatic carbocycles. The van der Waals surface area contributed by atoms with Crippen molar-refractivity contribution in [2.45, 2.75) is 83.9 Å². The van der Waals surface area contributed by atoms with E-state index in [2.05, 4.69) is 20.5 Å². The molecule has 0 aromatic carbocycles. The van der Waals surface area contributed by atoms with Crippen LogP contribution in [0.4, 0.5) is 0 Å². The first-order chi connectivity index (χ1) is 20.8. The number of aromatic nitrogens is 5. The summed E-state index contributed by atoms with van der Waals surface area (Å²) in [7, 11) is -2.03. The summed E-state index contributed by atoms with van der Waals surface area (Å²) in [4.78, 5) is 50.1. The molecule has 3 heterocycles. The molecular formula is C24H33N8O10PS. The fourth-order valence-corrected chi connectivity index (χ4v) is 5.97. The first-order valence-corrected chi connectivity index (χ1v) is 15.1. The van der Waals surface area contributed by atoms with E-state index in [0.717, 1.165) is 23.2 Å². The molecule has 0 saturated carbocycles. The number of carboxylic acid groups (broad SMARTS) is 1. The first-order valence-electron chi connectivity index (χ1n) is 13.4. The molecule has 2 aromatic rings. The monoisotopic (exact) mass is 656 g/mol. The van der Waals surface area contributed by atoms with Crippen LogP contribution in [0.3, 0.4) is 0 Å². The summed E-state index contributed by atoms with van der Waals surface area (Å²) < 4.78 is 29.8. The highest BCUT2D eigenvalue weighted by Gasteiger charge is 2.52. The molecule has 44 heavy (non-hydrogen) atoms. The quantitative estimate of drug-likeness (QED) is 0.138. The van der Waals surface area contributed by atoms with Gasteiger partial charge >= 0.3 is 17.9 Å². The molecule has 20 heteroatoms. The minimum Gasteiger partial charge on any atom is -0.479 e. The maximum absolute atomic E-state index is 13.8. The molecule has 6 unspecified atom stereocenters. The highest BCUT2D eigenvalue weighted by Crippen LogP contribution is 2.41. The van der Waals surface area contributed by atoms with Gasteiger partial charge in [0.1, 0.15) is 26.5 Å². The summed E-state index contributed by atoms with van der Waals surface area (Å²) in [6.07, 6.45) is -4.49. The van der Waals surface area contributed by atoms with Crippen molar-refractivity contribution >= 4 is 54.6 Å². The molecule has 0 amide bonds. The third kappa shape index (κ3) is 8.08. The van der Waals surface area contributed by atoms with Crippen molar-refractivity contribution in [2.75, 3.05) is 13.2 Å². The van der Waals surface area contributed by atoms with Crippen LogP contribution in [0.5, 0.6) is 0 Å². The molecule has 0 spiro atoms. The van der Waals surface area contributed by atoms with Crippen molar-refractivity contribution < 1.29 is 43.0 Å². The lowest BCUT2D eigenvalue weighted by Gasteiger charge is -2.27. The number of carbonyl (C=O) groups excluding carboxylic acids is 2. The lowest BCUT2D eigenvalue weighted by atomic mass is 10.1. The predicted molar refractivity (Wildman–Crippen MR) is 155 cm³/mol. The van der Waals surface area contributed by atoms with Crippen LogP contribution in [-0.2, 0) is 44.3 Å². The lowest BCUT2D eigenvalue weighted by molar-refractivity contribution is -0.166. The summed E-state index contributed by atoms with van der Waals surface area (Å²) in [5.74, 6) is -4.59. The van der Waals surface area contributed by atoms with Crippen LogP contribution in [-0.4, -0.2) is 96.3 Å². The lowest BCUT2D eigenvalue weighted by Crippen LogP contribution is -2.43. The van der Waals surface area contributed by atoms with Gasteiger partial charge in [-0.15, -0.1) is 5.10 Å². The SMILES string of the molecule is CCCc1nn(C(N)=S)c2c(=O)n(C3OC(COC(C(=O)O)P(NC(C)C)OCC#N)C(OC(C)=O)C3OC(C)=O)nnc12. The van der Waals surface area contributed by atoms with Crippen LogP contribution in [0, 0.1) is 11.3 Å². The van der Waals surface area contributed by atoms with E-state index in [1.807, 2.05) is 6.92 Å². The Morgan fingerprint density at radius 2 is 1.91 bits per heavy atom. The number of esters is 2. The Morgan fingerprint density at radius 3 is 2.45 bits per heavy atom. The van der Waals surface area contributed by atoms with Gasteiger partial charge in [0, 0.05) is 19.9 Å². The van der Waals surface area contributed by atoms with Crippen molar-refractivity contribution in [3.05, 3.63) is 16.0 Å². The highest BCUT2D eigenvalue weighted by molar-refractivity contribution is 7.80. The molecule has 2 aromatic heterocycles. The number of rotatable bonds is 14. The number of nitrogens with one attached hydrogen (secondary N) is 1. The Balaban J connectivity index is 2.06. The summed E-state index contributed by atoms with van der Waals surface area (Å²) in [6.45, 7) is 6.66. The summed E-state index contributed by atoms with van der Waals surface area (Å²) in [6, 6.07) is 1.55. The smallest absolute Gasteiger partial charge is 0.341 e. The number of thiocarbonyl (C=S) groups is 1. The van der Waals surface area contributed by atoms with Crippen LogP contribution in [0.2, 0.25) is 0 Å². The fourth-order valence-electron chi connectivity index (χ4n) is 4.37. The molecule has 1 aliphatic rings. The van der Waals surface area contributed by atoms with E-state index >= 15 is 0 Å². The fraction of sp³-hybridized carbons (Fsp3) is 0.625. The largest absolute Gasteiger partial charge is 0.479 e. The normalized spacial score (nSPS) is 21.1. The predicted octanol–water partition coefficient (Wildman–Crippen LogP) is 0.0704. The van der Waals surface area contributed by atoms with Gasteiger partial charge < -0.3 is 34.3 Å². The Morgan fingerprint density at radius 1 is 1.25 bits per heavy atom. The van der Waals surface area contributed by atoms with Gasteiger partial charge in [0.15, 0.2) is 29.1 Å². The second kappa shape index (κ2) is 15.4. The van der Waals surface area contributed by atoms with Crippen molar-refractivity contribution in [1.82, 2.24) is 29.9 Å². The average Bonchev–Trinajstić information content (AvgIpc) is 3.45. The van der Waals surface area contributed by atoms with Gasteiger partial charge in [-0.2, -0.15) is 19.7 Å². The van der Waals surface area contributed by atoms with Gasteiger partial charge in [0.05, 0.1) is 18.4 Å². The minimum atomic E-state index is -2.03. The molecule has 1 aliphatic heterocycles. The van der Waals surface area contributed by atoms with E-state index in [0.29, 0.717) is 18.5 Å². The molecule has 0 bridgehead atoms. The maximum atomic E-state index is 13.8. The zero-order valence-corrected chi connectivity index (χ0v) is 26.2. The number of aryl methyl sites for hydroxylation is 1. The second-order valence-corrected chi connectivity index (χ2v) is 11.8. The van der Waals surface area contributed by atoms with Gasteiger partial charge in [-0.25, -0.2) is 4.79 Å². The summed E-state index contributed by atoms with van der Waals surface area (Å²) in [5, 5.41) is 34.0. The zero-order chi connectivity index (χ0) is 32.7. The van der Waals surface area contributed by atoms with Crippen LogP contribution < -0.4 is 16.4 Å². The van der Waals surface area contributed by atoms with Crippen molar-refractivity contribution in [3.8, 4) is 6.07 Å². The number of carbonyl (C=O) groups is 3. The molecule has 18 nitrogen and oxygen atoms in total. The highest BCUT2D eigenvalue weighted by atomic mass is 32.1. The Bertz CT molecular complexity index is 1490. The number of hydrogen-bond donors (Lipinski definition) is 3. The molecular weight excluding hydrogens is 623 g/mol. The summed E-state index contributed by atoms with van der Waals surface area (Å²) in [5.41, 5.74) is 5.50. The second-order valence-electron chi connectivity index (χ2n) is 9.76. The molecule has 240 valence electrons. The van der Waals surface area contributed by atoms with Crippen molar-refractivity contribution in [2.24, 2.45) is 5.73 Å². The number of aliphatic carboxylic acids is 1. The van der Waals surface area contributed by atoms with Crippen LogP contribution in [0.15, 0.2) is 4.79 Å². The van der Waals surface area contributed by atoms with Gasteiger partial charge in [-0.3, -0.25) is 19.5 Å². The Labute approximate surface area is 257 Å². The minimum absolute atomic E-state index is 0.101. The third-order valence-electron chi connectivity index (χ3n) is 5.90. The average molecular weight is 657 g/mol. The number of ether oxygens (including phenoxy) is 4. The number of nitrogens with two attached hydrogens (primary N) is 1. The molecule has 0 radical (unpaired) electrons. The van der Waals surface area contributed by atoms with E-state index in [1.54, 1.807) is 19.9 Å². The molecule has 1 saturated heterocycles. The first kappa shape index (κ1) is 34.8. The number of fused-ring (bicyclic) bond motifs is 1. The van der Waals surface area contributed by atoms with Gasteiger partial charge in [-0.1, -0.05) is 18.6 Å². The number of hydrogen-bond acceptors (Lipinski definition) is 15. The Hall–Kier alpha value is -3.66. The zero-order valence-electron chi connectivity index (χ0n) is 24.5. The number of nitrogens with zero attached hydrogens (tertiary/aromatic N) is 6. The number of nitriles is 1. The maximum Gasteiger partial charge on any atom is 0.341 e. The molecule has 1 fully saturated rings. The standard InChI is InChI=1S/C24H33N8O10PS/c1-6-7-14-16-17(31(28-14)24(26)44)20(35)32(30-27-16)21-19(41-13(5)34)18(40-12(4)33)15(42-21)10-38-23(22(36)37)43(29-11(2)3)39-9-8-25/h11,15,18-19,21,23,29H,6-7,9-10H2,1-5H3,(H2,26,44)(H,36,37).